The van der Waals surface area contributed by atoms with E-state index in [2.05, 4.69) is 34.5 Å². The van der Waals surface area contributed by atoms with Crippen LogP contribution >= 0.6 is 11.8 Å². The fraction of sp³-hybridized carbons (Fsp3) is 0.300. The summed E-state index contributed by atoms with van der Waals surface area (Å²) in [5, 5.41) is 2.63. The summed E-state index contributed by atoms with van der Waals surface area (Å²) in [7, 11) is 0. The first-order valence-corrected chi connectivity index (χ1v) is 9.46. The number of carbonyl (C=O) groups is 2. The summed E-state index contributed by atoms with van der Waals surface area (Å²) in [6.07, 6.45) is 0.112. The predicted octanol–water partition coefficient (Wildman–Crippen LogP) is 3.75. The molecule has 0 aromatic heterocycles. The summed E-state index contributed by atoms with van der Waals surface area (Å²) in [4.78, 5) is 28.2. The average Bonchev–Trinajstić information content (AvgIpc) is 2.63. The maximum absolute atomic E-state index is 12.1. The lowest BCUT2D eigenvalue weighted by Gasteiger charge is -2.32. The van der Waals surface area contributed by atoms with Crippen molar-refractivity contribution < 1.29 is 14.3 Å². The Kier molecular flexibility index (Phi) is 5.83. The monoisotopic (exact) mass is 370 g/mol. The Hall–Kier alpha value is -2.47. The highest BCUT2D eigenvalue weighted by Crippen LogP contribution is 2.47. The smallest absolute Gasteiger partial charge is 0.325 e. The number of rotatable bonds is 6. The van der Waals surface area contributed by atoms with E-state index in [0.29, 0.717) is 13.0 Å². The summed E-state index contributed by atoms with van der Waals surface area (Å²) >= 11 is 1.74. The van der Waals surface area contributed by atoms with Gasteiger partial charge in [-0.3, -0.25) is 9.59 Å². The summed E-state index contributed by atoms with van der Waals surface area (Å²) < 4.78 is 5.02. The van der Waals surface area contributed by atoms with E-state index in [1.165, 1.54) is 9.79 Å². The van der Waals surface area contributed by atoms with Gasteiger partial charge in [-0.05, 0) is 38.1 Å². The minimum atomic E-state index is -0.418. The summed E-state index contributed by atoms with van der Waals surface area (Å²) in [5.74, 6) is -0.586. The molecule has 0 unspecified atom stereocenters. The molecule has 0 spiro atoms. The number of nitrogens with zero attached hydrogens (tertiary/aromatic N) is 1. The van der Waals surface area contributed by atoms with Gasteiger partial charge in [0.15, 0.2) is 0 Å². The molecule has 0 radical (unpaired) electrons. The number of ether oxygens (including phenoxy) is 1. The molecule has 1 heterocycles. The highest BCUT2D eigenvalue weighted by atomic mass is 32.2. The van der Waals surface area contributed by atoms with Crippen LogP contribution in [0, 0.1) is 0 Å². The Bertz CT molecular complexity index is 762. The number of carbonyl (C=O) groups excluding carboxylic acids is 2. The SMILES string of the molecule is CC(C)OC(=O)CNC(=O)CCN1c2ccccc2Sc2ccccc21. The fourth-order valence-corrected chi connectivity index (χ4v) is 3.89. The molecule has 1 amide bonds. The van der Waals surface area contributed by atoms with Crippen molar-refractivity contribution in [3.63, 3.8) is 0 Å². The highest BCUT2D eigenvalue weighted by Gasteiger charge is 2.23. The van der Waals surface area contributed by atoms with Crippen LogP contribution in [0.4, 0.5) is 11.4 Å². The largest absolute Gasteiger partial charge is 0.462 e. The van der Waals surface area contributed by atoms with Gasteiger partial charge in [0.1, 0.15) is 6.54 Å². The number of amides is 1. The second-order valence-electron chi connectivity index (χ2n) is 6.25. The van der Waals surface area contributed by atoms with Crippen molar-refractivity contribution in [2.75, 3.05) is 18.0 Å². The topological polar surface area (TPSA) is 58.6 Å². The van der Waals surface area contributed by atoms with Gasteiger partial charge >= 0.3 is 5.97 Å². The van der Waals surface area contributed by atoms with Gasteiger partial charge in [0.2, 0.25) is 5.91 Å². The molecule has 0 saturated carbocycles. The fourth-order valence-electron chi connectivity index (χ4n) is 2.80. The first-order chi connectivity index (χ1) is 12.5. The van der Waals surface area contributed by atoms with Crippen LogP contribution in [0.25, 0.3) is 0 Å². The zero-order valence-corrected chi connectivity index (χ0v) is 15.7. The van der Waals surface area contributed by atoms with Gasteiger partial charge in [-0.25, -0.2) is 0 Å². The maximum Gasteiger partial charge on any atom is 0.325 e. The molecule has 3 rings (SSSR count). The molecule has 6 heteroatoms. The van der Waals surface area contributed by atoms with Gasteiger partial charge in [0.05, 0.1) is 17.5 Å². The third-order valence-electron chi connectivity index (χ3n) is 3.89. The lowest BCUT2D eigenvalue weighted by molar-refractivity contribution is -0.147. The number of hydrogen-bond donors (Lipinski definition) is 1. The normalized spacial score (nSPS) is 12.3. The molecule has 0 bridgehead atoms. The van der Waals surface area contributed by atoms with Crippen LogP contribution in [-0.4, -0.2) is 31.1 Å². The van der Waals surface area contributed by atoms with Crippen molar-refractivity contribution in [2.45, 2.75) is 36.2 Å². The van der Waals surface area contributed by atoms with E-state index in [9.17, 15) is 9.59 Å². The van der Waals surface area contributed by atoms with Crippen LogP contribution in [0.2, 0.25) is 0 Å². The van der Waals surface area contributed by atoms with Crippen molar-refractivity contribution in [3.05, 3.63) is 48.5 Å². The van der Waals surface area contributed by atoms with Crippen LogP contribution in [0.3, 0.4) is 0 Å². The third kappa shape index (κ3) is 4.38. The van der Waals surface area contributed by atoms with E-state index in [1.807, 2.05) is 24.3 Å². The molecule has 0 atom stereocenters. The van der Waals surface area contributed by atoms with E-state index in [4.69, 9.17) is 4.74 Å². The average molecular weight is 370 g/mol. The number of anilines is 2. The van der Waals surface area contributed by atoms with Crippen molar-refractivity contribution >= 4 is 35.0 Å². The zero-order valence-electron chi connectivity index (χ0n) is 14.9. The first kappa shape index (κ1) is 18.3. The Morgan fingerprint density at radius 2 is 1.62 bits per heavy atom. The minimum absolute atomic E-state index is 0.0972. The van der Waals surface area contributed by atoms with Gasteiger partial charge in [0.25, 0.3) is 0 Å². The van der Waals surface area contributed by atoms with Crippen molar-refractivity contribution in [2.24, 2.45) is 0 Å². The second-order valence-corrected chi connectivity index (χ2v) is 7.34. The third-order valence-corrected chi connectivity index (χ3v) is 5.02. The van der Waals surface area contributed by atoms with Gasteiger partial charge in [-0.15, -0.1) is 0 Å². The first-order valence-electron chi connectivity index (χ1n) is 8.64. The summed E-state index contributed by atoms with van der Waals surface area (Å²) in [6, 6.07) is 16.4. The van der Waals surface area contributed by atoms with Gasteiger partial charge in [0, 0.05) is 22.8 Å². The van der Waals surface area contributed by atoms with Crippen LogP contribution in [0.5, 0.6) is 0 Å². The standard InChI is InChI=1S/C20H22N2O3S/c1-14(2)25-20(24)13-21-19(23)11-12-22-15-7-3-5-9-17(15)26-18-10-6-4-8-16(18)22/h3-10,14H,11-13H2,1-2H3,(H,21,23). The van der Waals surface area contributed by atoms with Crippen molar-refractivity contribution in [1.29, 1.82) is 0 Å². The molecule has 5 nitrogen and oxygen atoms in total. The van der Waals surface area contributed by atoms with Crippen molar-refractivity contribution in [1.82, 2.24) is 5.32 Å². The van der Waals surface area contributed by atoms with E-state index in [1.54, 1.807) is 25.6 Å². The number of para-hydroxylation sites is 2. The summed E-state index contributed by atoms with van der Waals surface area (Å²) in [5.41, 5.74) is 2.20. The second kappa shape index (κ2) is 8.27. The maximum atomic E-state index is 12.1. The van der Waals surface area contributed by atoms with Crippen LogP contribution in [-0.2, 0) is 14.3 Å². The lowest BCUT2D eigenvalue weighted by atomic mass is 10.2. The summed E-state index contributed by atoms with van der Waals surface area (Å²) in [6.45, 7) is 4.01. The molecule has 0 saturated heterocycles. The quantitative estimate of drug-likeness (QED) is 0.785. The Morgan fingerprint density at radius 1 is 1.04 bits per heavy atom. The molecule has 1 aliphatic heterocycles. The number of benzene rings is 2. The molecular formula is C20H22N2O3S. The Morgan fingerprint density at radius 3 is 2.19 bits per heavy atom. The molecule has 1 N–H and O–H groups in total. The lowest BCUT2D eigenvalue weighted by Crippen LogP contribution is -2.34. The molecular weight excluding hydrogens is 348 g/mol. The zero-order chi connectivity index (χ0) is 18.5. The molecule has 1 aliphatic rings. The Labute approximate surface area is 157 Å². The number of nitrogens with one attached hydrogen (secondary N) is 1. The van der Waals surface area contributed by atoms with Gasteiger partial charge < -0.3 is 15.0 Å². The van der Waals surface area contributed by atoms with Crippen LogP contribution in [0.15, 0.2) is 58.3 Å². The number of fused-ring (bicyclic) bond motifs is 2. The molecule has 136 valence electrons. The van der Waals surface area contributed by atoms with E-state index >= 15 is 0 Å². The molecule has 0 aliphatic carbocycles. The van der Waals surface area contributed by atoms with Crippen LogP contribution < -0.4 is 10.2 Å². The van der Waals surface area contributed by atoms with E-state index in [-0.39, 0.29) is 18.6 Å². The Balaban J connectivity index is 1.65. The molecule has 0 fully saturated rings. The van der Waals surface area contributed by atoms with E-state index < -0.39 is 5.97 Å². The molecule has 26 heavy (non-hydrogen) atoms. The number of hydrogen-bond acceptors (Lipinski definition) is 5. The molecule has 2 aromatic carbocycles. The van der Waals surface area contributed by atoms with E-state index in [0.717, 1.165) is 11.4 Å². The predicted molar refractivity (Wildman–Crippen MR) is 103 cm³/mol. The highest BCUT2D eigenvalue weighted by molar-refractivity contribution is 7.99. The van der Waals surface area contributed by atoms with Gasteiger partial charge in [-0.2, -0.15) is 0 Å². The van der Waals surface area contributed by atoms with Gasteiger partial charge in [-0.1, -0.05) is 36.0 Å². The number of esters is 1. The van der Waals surface area contributed by atoms with Crippen molar-refractivity contribution in [3.8, 4) is 0 Å². The molecule has 2 aromatic rings. The van der Waals surface area contributed by atoms with Crippen LogP contribution in [0.1, 0.15) is 20.3 Å². The minimum Gasteiger partial charge on any atom is -0.462 e.